The van der Waals surface area contributed by atoms with Crippen LogP contribution in [-0.4, -0.2) is 21.0 Å². The van der Waals surface area contributed by atoms with Gasteiger partial charge in [-0.1, -0.05) is 15.9 Å². The summed E-state index contributed by atoms with van der Waals surface area (Å²) < 4.78 is 0.732. The minimum atomic E-state index is -0.965. The van der Waals surface area contributed by atoms with Crippen molar-refractivity contribution in [2.45, 2.75) is 23.9 Å². The largest absolute Gasteiger partial charge is 0.478 e. The number of nitrogens with zero attached hydrogens (tertiary/aromatic N) is 2. The maximum Gasteiger partial charge on any atom is 0.336 e. The number of hydrogen-bond donors (Lipinski definition) is 1. The lowest BCUT2D eigenvalue weighted by atomic mass is 10.2. The maximum absolute atomic E-state index is 11.2. The fourth-order valence-corrected chi connectivity index (χ4v) is 2.93. The van der Waals surface area contributed by atoms with E-state index in [9.17, 15) is 9.90 Å². The van der Waals surface area contributed by atoms with Crippen LogP contribution in [0.25, 0.3) is 0 Å². The van der Waals surface area contributed by atoms with Gasteiger partial charge in [-0.25, -0.2) is 14.8 Å². The molecule has 0 atom stereocenters. The van der Waals surface area contributed by atoms with Crippen molar-refractivity contribution in [2.75, 3.05) is 0 Å². The van der Waals surface area contributed by atoms with Gasteiger partial charge in [-0.3, -0.25) is 0 Å². The Labute approximate surface area is 123 Å². The second-order valence-electron chi connectivity index (χ2n) is 3.98. The van der Waals surface area contributed by atoms with Crippen LogP contribution < -0.4 is 0 Å². The van der Waals surface area contributed by atoms with Gasteiger partial charge in [-0.05, 0) is 49.9 Å². The molecule has 6 heteroatoms. The molecule has 0 bridgehead atoms. The highest BCUT2D eigenvalue weighted by Crippen LogP contribution is 2.30. The molecule has 0 amide bonds. The molecular weight excluding hydrogens is 328 g/mol. The number of carboxylic acids is 1. The summed E-state index contributed by atoms with van der Waals surface area (Å²) in [4.78, 5) is 20.4. The molecule has 98 valence electrons. The van der Waals surface area contributed by atoms with Crippen molar-refractivity contribution in [2.24, 2.45) is 0 Å². The zero-order valence-electron chi connectivity index (χ0n) is 10.3. The first-order valence-electron chi connectivity index (χ1n) is 5.48. The number of aromatic carboxylic acids is 1. The minimum Gasteiger partial charge on any atom is -0.478 e. The van der Waals surface area contributed by atoms with Gasteiger partial charge in [0, 0.05) is 20.8 Å². The third-order valence-electron chi connectivity index (χ3n) is 2.34. The molecule has 0 radical (unpaired) electrons. The molecule has 1 heterocycles. The highest BCUT2D eigenvalue weighted by molar-refractivity contribution is 9.10. The van der Waals surface area contributed by atoms with Gasteiger partial charge in [0.25, 0.3) is 0 Å². The number of halogens is 1. The molecule has 0 saturated heterocycles. The first-order valence-corrected chi connectivity index (χ1v) is 7.09. The van der Waals surface area contributed by atoms with E-state index in [1.165, 1.54) is 11.8 Å². The summed E-state index contributed by atoms with van der Waals surface area (Å²) in [6.45, 7) is 3.77. The number of rotatable bonds is 3. The lowest BCUT2D eigenvalue weighted by molar-refractivity contribution is 0.0693. The van der Waals surface area contributed by atoms with Crippen LogP contribution >= 0.6 is 27.7 Å². The van der Waals surface area contributed by atoms with Crippen LogP contribution in [-0.2, 0) is 0 Å². The van der Waals surface area contributed by atoms with Crippen molar-refractivity contribution in [3.8, 4) is 0 Å². The fraction of sp³-hybridized carbons (Fsp3) is 0.154. The summed E-state index contributed by atoms with van der Waals surface area (Å²) >= 11 is 4.53. The van der Waals surface area contributed by atoms with Crippen LogP contribution in [0.3, 0.4) is 0 Å². The molecule has 1 N–H and O–H groups in total. The van der Waals surface area contributed by atoms with Gasteiger partial charge in [0.15, 0.2) is 5.16 Å². The fourth-order valence-electron chi connectivity index (χ4n) is 1.60. The SMILES string of the molecule is Cc1cc(C)nc(Sc2ccc(Br)cc2C(=O)O)n1. The van der Waals surface area contributed by atoms with Crippen LogP contribution in [0.15, 0.2) is 38.8 Å². The summed E-state index contributed by atoms with van der Waals surface area (Å²) in [5, 5.41) is 9.76. The van der Waals surface area contributed by atoms with E-state index in [-0.39, 0.29) is 5.56 Å². The van der Waals surface area contributed by atoms with Crippen molar-refractivity contribution in [3.05, 3.63) is 45.7 Å². The summed E-state index contributed by atoms with van der Waals surface area (Å²) in [5.74, 6) is -0.965. The van der Waals surface area contributed by atoms with Crippen LogP contribution in [0.5, 0.6) is 0 Å². The number of aromatic nitrogens is 2. The molecule has 0 unspecified atom stereocenters. The molecule has 4 nitrogen and oxygen atoms in total. The number of hydrogen-bond acceptors (Lipinski definition) is 4. The van der Waals surface area contributed by atoms with Gasteiger partial charge in [0.05, 0.1) is 5.56 Å². The predicted molar refractivity (Wildman–Crippen MR) is 76.7 cm³/mol. The lowest BCUT2D eigenvalue weighted by Gasteiger charge is -2.06. The monoisotopic (exact) mass is 338 g/mol. The molecule has 1 aromatic heterocycles. The second kappa shape index (κ2) is 5.71. The Balaban J connectivity index is 2.40. The van der Waals surface area contributed by atoms with Crippen LogP contribution in [0.2, 0.25) is 0 Å². The minimum absolute atomic E-state index is 0.238. The molecule has 0 aliphatic rings. The Morgan fingerprint density at radius 1 is 1.21 bits per heavy atom. The Hall–Kier alpha value is -1.40. The highest BCUT2D eigenvalue weighted by Gasteiger charge is 2.13. The average Bonchev–Trinajstić information content (AvgIpc) is 2.30. The average molecular weight is 339 g/mol. The van der Waals surface area contributed by atoms with Crippen molar-refractivity contribution < 1.29 is 9.90 Å². The number of carbonyl (C=O) groups is 1. The zero-order chi connectivity index (χ0) is 14.0. The number of aryl methyl sites for hydroxylation is 2. The van der Waals surface area contributed by atoms with Crippen molar-refractivity contribution in [1.82, 2.24) is 9.97 Å². The third-order valence-corrected chi connectivity index (χ3v) is 3.77. The van der Waals surface area contributed by atoms with Crippen LogP contribution in [0.1, 0.15) is 21.7 Å². The molecule has 0 aliphatic carbocycles. The molecule has 2 aromatic rings. The first-order chi connectivity index (χ1) is 8.95. The number of benzene rings is 1. The predicted octanol–water partition coefficient (Wildman–Crippen LogP) is 3.71. The van der Waals surface area contributed by atoms with E-state index < -0.39 is 5.97 Å². The van der Waals surface area contributed by atoms with E-state index in [2.05, 4.69) is 25.9 Å². The lowest BCUT2D eigenvalue weighted by Crippen LogP contribution is -2.00. The molecule has 2 rings (SSSR count). The Morgan fingerprint density at radius 3 is 2.42 bits per heavy atom. The van der Waals surface area contributed by atoms with Gasteiger partial charge < -0.3 is 5.11 Å². The zero-order valence-corrected chi connectivity index (χ0v) is 12.7. The van der Waals surface area contributed by atoms with Crippen molar-refractivity contribution in [3.63, 3.8) is 0 Å². The molecule has 0 saturated carbocycles. The normalized spacial score (nSPS) is 10.5. The molecule has 1 aromatic carbocycles. The Kier molecular flexibility index (Phi) is 4.21. The standard InChI is InChI=1S/C13H11BrN2O2S/c1-7-5-8(2)16-13(15-7)19-11-4-3-9(14)6-10(11)12(17)18/h3-6H,1-2H3,(H,17,18). The molecule has 0 spiro atoms. The number of carboxylic acid groups (broad SMARTS) is 1. The van der Waals surface area contributed by atoms with E-state index in [1.54, 1.807) is 18.2 Å². The highest BCUT2D eigenvalue weighted by atomic mass is 79.9. The van der Waals surface area contributed by atoms with E-state index in [0.717, 1.165) is 15.9 Å². The van der Waals surface area contributed by atoms with Gasteiger partial charge in [-0.15, -0.1) is 0 Å². The smallest absolute Gasteiger partial charge is 0.336 e. The first kappa shape index (κ1) is 14.0. The van der Waals surface area contributed by atoms with Crippen molar-refractivity contribution >= 4 is 33.7 Å². The van der Waals surface area contributed by atoms with E-state index >= 15 is 0 Å². The maximum atomic E-state index is 11.2. The van der Waals surface area contributed by atoms with E-state index in [4.69, 9.17) is 0 Å². The Bertz CT molecular complexity index is 626. The molecule has 0 aliphatic heterocycles. The van der Waals surface area contributed by atoms with E-state index in [1.807, 2.05) is 19.9 Å². The molecular formula is C13H11BrN2O2S. The van der Waals surface area contributed by atoms with E-state index in [0.29, 0.717) is 10.1 Å². The topological polar surface area (TPSA) is 63.1 Å². The van der Waals surface area contributed by atoms with Gasteiger partial charge in [0.1, 0.15) is 0 Å². The summed E-state index contributed by atoms with van der Waals surface area (Å²) in [7, 11) is 0. The van der Waals surface area contributed by atoms with Crippen molar-refractivity contribution in [1.29, 1.82) is 0 Å². The third kappa shape index (κ3) is 3.54. The van der Waals surface area contributed by atoms with Gasteiger partial charge in [0.2, 0.25) is 0 Å². The van der Waals surface area contributed by atoms with Gasteiger partial charge >= 0.3 is 5.97 Å². The molecule has 0 fully saturated rings. The van der Waals surface area contributed by atoms with Gasteiger partial charge in [-0.2, -0.15) is 0 Å². The summed E-state index contributed by atoms with van der Waals surface area (Å²) in [6.07, 6.45) is 0. The summed E-state index contributed by atoms with van der Waals surface area (Å²) in [6, 6.07) is 7.01. The summed E-state index contributed by atoms with van der Waals surface area (Å²) in [5.41, 5.74) is 1.97. The second-order valence-corrected chi connectivity index (χ2v) is 5.91. The molecule has 19 heavy (non-hydrogen) atoms. The van der Waals surface area contributed by atoms with Crippen LogP contribution in [0, 0.1) is 13.8 Å². The Morgan fingerprint density at radius 2 is 1.84 bits per heavy atom. The van der Waals surface area contributed by atoms with Crippen LogP contribution in [0.4, 0.5) is 0 Å². The quantitative estimate of drug-likeness (QED) is 0.864.